The SMILES string of the molecule is OB(O)Oc1cccc(F)c1.[H-].[Li+]. The molecule has 3 nitrogen and oxygen atoms in total. The molecule has 0 bridgehead atoms. The van der Waals surface area contributed by atoms with E-state index in [2.05, 4.69) is 4.65 Å². The average molecular weight is 164 g/mol. The molecular formula is C6H7BFLiO3. The van der Waals surface area contributed by atoms with Gasteiger partial charge >= 0.3 is 26.2 Å². The largest absolute Gasteiger partial charge is 1.00 e. The molecule has 0 aliphatic heterocycles. The van der Waals surface area contributed by atoms with E-state index in [4.69, 9.17) is 10.0 Å². The van der Waals surface area contributed by atoms with Crippen molar-refractivity contribution in [3.05, 3.63) is 30.1 Å². The summed E-state index contributed by atoms with van der Waals surface area (Å²) in [5, 5.41) is 16.6. The normalized spacial score (nSPS) is 8.58. The summed E-state index contributed by atoms with van der Waals surface area (Å²) in [7, 11) is -1.91. The van der Waals surface area contributed by atoms with Crippen LogP contribution in [0.15, 0.2) is 24.3 Å². The molecule has 0 aliphatic carbocycles. The van der Waals surface area contributed by atoms with Crippen molar-refractivity contribution in [2.24, 2.45) is 0 Å². The van der Waals surface area contributed by atoms with Crippen molar-refractivity contribution in [3.8, 4) is 5.75 Å². The Kier molecular flexibility index (Phi) is 5.02. The molecule has 6 heteroatoms. The first-order valence-electron chi connectivity index (χ1n) is 2.97. The molecule has 0 unspecified atom stereocenters. The van der Waals surface area contributed by atoms with Crippen LogP contribution in [0.3, 0.4) is 0 Å². The van der Waals surface area contributed by atoms with Crippen LogP contribution in [-0.4, -0.2) is 17.4 Å². The summed E-state index contributed by atoms with van der Waals surface area (Å²) in [6.07, 6.45) is 0. The Morgan fingerprint density at radius 1 is 1.42 bits per heavy atom. The minimum Gasteiger partial charge on any atom is -1.00 e. The average Bonchev–Trinajstić information content (AvgIpc) is 1.85. The van der Waals surface area contributed by atoms with Crippen LogP contribution in [0.5, 0.6) is 5.75 Å². The quantitative estimate of drug-likeness (QED) is 0.467. The van der Waals surface area contributed by atoms with Gasteiger partial charge in [-0.1, -0.05) is 6.07 Å². The maximum atomic E-state index is 12.4. The van der Waals surface area contributed by atoms with Crippen molar-refractivity contribution in [2.45, 2.75) is 0 Å². The number of rotatable bonds is 2. The molecule has 1 aromatic rings. The van der Waals surface area contributed by atoms with Crippen LogP contribution in [0.25, 0.3) is 0 Å². The van der Waals surface area contributed by atoms with Crippen molar-refractivity contribution < 1.29 is 39.4 Å². The van der Waals surface area contributed by atoms with Crippen molar-refractivity contribution in [2.75, 3.05) is 0 Å². The summed E-state index contributed by atoms with van der Waals surface area (Å²) in [6, 6.07) is 5.12. The van der Waals surface area contributed by atoms with Crippen LogP contribution >= 0.6 is 0 Å². The van der Waals surface area contributed by atoms with Crippen molar-refractivity contribution in [1.29, 1.82) is 0 Å². The van der Waals surface area contributed by atoms with Gasteiger partial charge in [-0.05, 0) is 12.1 Å². The van der Waals surface area contributed by atoms with Crippen LogP contribution in [0, 0.1) is 5.82 Å². The Morgan fingerprint density at radius 3 is 2.58 bits per heavy atom. The fourth-order valence-electron chi connectivity index (χ4n) is 0.662. The van der Waals surface area contributed by atoms with Crippen molar-refractivity contribution >= 4 is 7.32 Å². The molecule has 1 rings (SSSR count). The first-order chi connectivity index (χ1) is 5.18. The summed E-state index contributed by atoms with van der Waals surface area (Å²) in [4.78, 5) is 0. The number of halogens is 1. The third-order valence-corrected chi connectivity index (χ3v) is 1.04. The Labute approximate surface area is 83.0 Å². The standard InChI is InChI=1S/C6H6BFO3.Li.H/c8-5-2-1-3-6(4-5)11-7(9)10;;/h1-4,9-10H;;/q;+1;-1. The molecular weight excluding hydrogens is 157 g/mol. The van der Waals surface area contributed by atoms with Crippen LogP contribution in [0.4, 0.5) is 4.39 Å². The Bertz CT molecular complexity index is 251. The zero-order valence-corrected chi connectivity index (χ0v) is 6.57. The van der Waals surface area contributed by atoms with Gasteiger partial charge in [0, 0.05) is 6.07 Å². The molecule has 0 saturated heterocycles. The van der Waals surface area contributed by atoms with E-state index in [0.29, 0.717) is 0 Å². The molecule has 0 heterocycles. The summed E-state index contributed by atoms with van der Waals surface area (Å²) in [5.74, 6) is -0.400. The monoisotopic (exact) mass is 164 g/mol. The zero-order valence-electron chi connectivity index (χ0n) is 7.57. The van der Waals surface area contributed by atoms with Crippen molar-refractivity contribution in [1.82, 2.24) is 0 Å². The fraction of sp³-hybridized carbons (Fsp3) is 0. The Balaban J connectivity index is 0. The molecule has 2 N–H and O–H groups in total. The molecule has 0 aliphatic rings. The van der Waals surface area contributed by atoms with E-state index in [9.17, 15) is 4.39 Å². The number of hydrogen-bond acceptors (Lipinski definition) is 3. The molecule has 0 amide bonds. The maximum absolute atomic E-state index is 12.4. The van der Waals surface area contributed by atoms with Gasteiger partial charge in [0.25, 0.3) is 0 Å². The molecule has 0 atom stereocenters. The van der Waals surface area contributed by atoms with Gasteiger partial charge in [-0.3, -0.25) is 0 Å². The van der Waals surface area contributed by atoms with E-state index in [1.54, 1.807) is 0 Å². The van der Waals surface area contributed by atoms with E-state index in [1.165, 1.54) is 18.2 Å². The summed E-state index contributed by atoms with van der Waals surface area (Å²) in [5.41, 5.74) is 0. The summed E-state index contributed by atoms with van der Waals surface area (Å²) < 4.78 is 16.7. The second-order valence-corrected chi connectivity index (χ2v) is 1.90. The van der Waals surface area contributed by atoms with Gasteiger partial charge in [-0.25, -0.2) is 4.39 Å². The molecule has 60 valence electrons. The van der Waals surface area contributed by atoms with Crippen molar-refractivity contribution in [3.63, 3.8) is 0 Å². The molecule has 0 fully saturated rings. The van der Waals surface area contributed by atoms with Gasteiger partial charge in [-0.2, -0.15) is 0 Å². The van der Waals surface area contributed by atoms with Gasteiger partial charge in [0.1, 0.15) is 11.6 Å². The van der Waals surface area contributed by atoms with E-state index in [1.807, 2.05) is 0 Å². The topological polar surface area (TPSA) is 49.7 Å². The maximum Gasteiger partial charge on any atom is 1.00 e. The molecule has 12 heavy (non-hydrogen) atoms. The van der Waals surface area contributed by atoms with E-state index in [0.717, 1.165) is 6.07 Å². The van der Waals surface area contributed by atoms with Crippen LogP contribution in [0.1, 0.15) is 1.43 Å². The second kappa shape index (κ2) is 5.23. The Hall–Kier alpha value is -0.468. The smallest absolute Gasteiger partial charge is 1.00 e. The third kappa shape index (κ3) is 3.79. The number of benzene rings is 1. The molecule has 0 radical (unpaired) electrons. The molecule has 0 saturated carbocycles. The Morgan fingerprint density at radius 2 is 2.08 bits per heavy atom. The number of hydrogen-bond donors (Lipinski definition) is 2. The minimum atomic E-state index is -1.91. The first kappa shape index (κ1) is 11.5. The van der Waals surface area contributed by atoms with Gasteiger partial charge in [0.15, 0.2) is 0 Å². The summed E-state index contributed by atoms with van der Waals surface area (Å²) in [6.45, 7) is 0. The second-order valence-electron chi connectivity index (χ2n) is 1.90. The van der Waals surface area contributed by atoms with E-state index >= 15 is 0 Å². The van der Waals surface area contributed by atoms with Gasteiger partial charge in [0.05, 0.1) is 0 Å². The van der Waals surface area contributed by atoms with Crippen LogP contribution in [-0.2, 0) is 0 Å². The first-order valence-corrected chi connectivity index (χ1v) is 2.97. The van der Waals surface area contributed by atoms with Gasteiger partial charge in [-0.15, -0.1) is 0 Å². The predicted molar refractivity (Wildman–Crippen MR) is 38.3 cm³/mol. The zero-order chi connectivity index (χ0) is 8.27. The van der Waals surface area contributed by atoms with Crippen LogP contribution in [0.2, 0.25) is 0 Å². The predicted octanol–water partition coefficient (Wildman–Crippen LogP) is -2.71. The molecule has 0 aromatic heterocycles. The summed E-state index contributed by atoms with van der Waals surface area (Å²) >= 11 is 0. The van der Waals surface area contributed by atoms with E-state index < -0.39 is 13.1 Å². The fourth-order valence-corrected chi connectivity index (χ4v) is 0.662. The van der Waals surface area contributed by atoms with Gasteiger partial charge < -0.3 is 16.1 Å². The van der Waals surface area contributed by atoms with Gasteiger partial charge in [0.2, 0.25) is 0 Å². The van der Waals surface area contributed by atoms with Crippen LogP contribution < -0.4 is 23.5 Å². The molecule has 1 aromatic carbocycles. The van der Waals surface area contributed by atoms with E-state index in [-0.39, 0.29) is 26.0 Å². The third-order valence-electron chi connectivity index (χ3n) is 1.04. The minimum absolute atomic E-state index is 0. The molecule has 0 spiro atoms.